The summed E-state index contributed by atoms with van der Waals surface area (Å²) < 4.78 is 38.2. The molecule has 0 fully saturated rings. The van der Waals surface area contributed by atoms with Crippen LogP contribution >= 0.6 is 23.2 Å². The van der Waals surface area contributed by atoms with Gasteiger partial charge >= 0.3 is 6.18 Å². The first-order valence-electron chi connectivity index (χ1n) is 3.82. The maximum atomic E-state index is 12.4. The van der Waals surface area contributed by atoms with Crippen LogP contribution in [-0.4, -0.2) is 20.8 Å². The van der Waals surface area contributed by atoms with Crippen molar-refractivity contribution in [2.24, 2.45) is 7.05 Å². The van der Waals surface area contributed by atoms with Crippen LogP contribution in [0.3, 0.4) is 0 Å². The number of hydrogen-bond donors (Lipinski definition) is 1. The van der Waals surface area contributed by atoms with Crippen molar-refractivity contribution in [3.8, 4) is 0 Å². The molecular weight excluding hydrogens is 256 g/mol. The molecule has 0 bridgehead atoms. The molecule has 0 spiro atoms. The Morgan fingerprint density at radius 2 is 2.07 bits per heavy atom. The van der Waals surface area contributed by atoms with E-state index < -0.39 is 23.5 Å². The molecule has 0 amide bonds. The Kier molecular flexibility index (Phi) is 3.52. The third kappa shape index (κ3) is 2.38. The lowest BCUT2D eigenvalue weighted by molar-refractivity contribution is -0.142. The van der Waals surface area contributed by atoms with Gasteiger partial charge in [0.05, 0.1) is 17.5 Å². The summed E-state index contributed by atoms with van der Waals surface area (Å²) in [6.07, 6.45) is -6.14. The van der Waals surface area contributed by atoms with E-state index >= 15 is 0 Å². The van der Waals surface area contributed by atoms with Crippen LogP contribution in [0.25, 0.3) is 0 Å². The van der Waals surface area contributed by atoms with Crippen LogP contribution in [0.15, 0.2) is 0 Å². The summed E-state index contributed by atoms with van der Waals surface area (Å²) in [6.45, 7) is 0. The summed E-state index contributed by atoms with van der Waals surface area (Å²) in [6, 6.07) is 0. The third-order valence-electron chi connectivity index (χ3n) is 1.76. The molecule has 1 rings (SSSR count). The molecule has 15 heavy (non-hydrogen) atoms. The van der Waals surface area contributed by atoms with Gasteiger partial charge in [-0.15, -0.1) is 11.6 Å². The number of aliphatic hydroxyl groups is 1. The van der Waals surface area contributed by atoms with Crippen molar-refractivity contribution in [3.63, 3.8) is 0 Å². The summed E-state index contributed by atoms with van der Waals surface area (Å²) in [5.74, 6) is -0.380. The highest BCUT2D eigenvalue weighted by Gasteiger charge is 2.40. The van der Waals surface area contributed by atoms with E-state index in [0.29, 0.717) is 0 Å². The van der Waals surface area contributed by atoms with Crippen LogP contribution in [0.2, 0.25) is 5.15 Å². The number of rotatable bonds is 2. The standard InChI is InChI=1S/C7H7Cl2F3N2O/c1-14-6(9)4(3(15)2-8)5(13-14)7(10,11)12/h3,15H,2H2,1H3. The summed E-state index contributed by atoms with van der Waals surface area (Å²) in [5, 5.41) is 12.2. The van der Waals surface area contributed by atoms with Crippen LogP contribution in [0.1, 0.15) is 17.4 Å². The lowest BCUT2D eigenvalue weighted by Crippen LogP contribution is -2.12. The Morgan fingerprint density at radius 3 is 2.47 bits per heavy atom. The topological polar surface area (TPSA) is 38.0 Å². The molecule has 1 aromatic heterocycles. The smallest absolute Gasteiger partial charge is 0.387 e. The third-order valence-corrected chi connectivity index (χ3v) is 2.50. The van der Waals surface area contributed by atoms with Gasteiger partial charge in [-0.1, -0.05) is 11.6 Å². The second kappa shape index (κ2) is 4.19. The van der Waals surface area contributed by atoms with Crippen molar-refractivity contribution >= 4 is 23.2 Å². The molecule has 0 saturated carbocycles. The largest absolute Gasteiger partial charge is 0.435 e. The number of aromatic nitrogens is 2. The first-order chi connectivity index (χ1) is 6.79. The highest BCUT2D eigenvalue weighted by atomic mass is 35.5. The molecule has 0 aromatic carbocycles. The van der Waals surface area contributed by atoms with Crippen molar-refractivity contribution < 1.29 is 18.3 Å². The molecule has 0 aliphatic rings. The molecule has 8 heteroatoms. The number of aryl methyl sites for hydroxylation is 1. The fraction of sp³-hybridized carbons (Fsp3) is 0.571. The molecule has 86 valence electrons. The Balaban J connectivity index is 3.34. The number of halogens is 5. The van der Waals surface area contributed by atoms with Crippen molar-refractivity contribution in [3.05, 3.63) is 16.4 Å². The second-order valence-corrected chi connectivity index (χ2v) is 3.51. The molecule has 1 heterocycles. The van der Waals surface area contributed by atoms with Crippen LogP contribution in [0.4, 0.5) is 13.2 Å². The van der Waals surface area contributed by atoms with Gasteiger partial charge in [0.25, 0.3) is 0 Å². The summed E-state index contributed by atoms with van der Waals surface area (Å²) in [4.78, 5) is 0. The van der Waals surface area contributed by atoms with E-state index in [1.54, 1.807) is 0 Å². The van der Waals surface area contributed by atoms with Gasteiger partial charge < -0.3 is 5.11 Å². The van der Waals surface area contributed by atoms with Gasteiger partial charge in [-0.05, 0) is 0 Å². The lowest BCUT2D eigenvalue weighted by atomic mass is 10.1. The first kappa shape index (κ1) is 12.6. The Labute approximate surface area is 93.4 Å². The van der Waals surface area contributed by atoms with Gasteiger partial charge in [0.1, 0.15) is 5.15 Å². The van der Waals surface area contributed by atoms with Gasteiger partial charge in [-0.2, -0.15) is 18.3 Å². The average molecular weight is 263 g/mol. The Bertz CT molecular complexity index is 364. The van der Waals surface area contributed by atoms with Crippen LogP contribution in [-0.2, 0) is 13.2 Å². The van der Waals surface area contributed by atoms with Gasteiger partial charge in [-0.25, -0.2) is 0 Å². The zero-order valence-electron chi connectivity index (χ0n) is 7.52. The predicted octanol–water partition coefficient (Wildman–Crippen LogP) is 2.36. The minimum absolute atomic E-state index is 0.268. The van der Waals surface area contributed by atoms with E-state index in [1.165, 1.54) is 7.05 Å². The quantitative estimate of drug-likeness (QED) is 0.832. The average Bonchev–Trinajstić information content (AvgIpc) is 2.42. The number of aliphatic hydroxyl groups excluding tert-OH is 1. The van der Waals surface area contributed by atoms with E-state index in [0.717, 1.165) is 4.68 Å². The maximum absolute atomic E-state index is 12.4. The minimum Gasteiger partial charge on any atom is -0.387 e. The summed E-state index contributed by atoms with van der Waals surface area (Å²) in [7, 11) is 1.25. The van der Waals surface area contributed by atoms with E-state index in [9.17, 15) is 18.3 Å². The van der Waals surface area contributed by atoms with E-state index in [-0.39, 0.29) is 11.0 Å². The van der Waals surface area contributed by atoms with Crippen molar-refractivity contribution in [2.75, 3.05) is 5.88 Å². The van der Waals surface area contributed by atoms with Gasteiger partial charge in [0.15, 0.2) is 5.69 Å². The van der Waals surface area contributed by atoms with Crippen molar-refractivity contribution in [1.29, 1.82) is 0 Å². The fourth-order valence-corrected chi connectivity index (χ4v) is 1.51. The molecular formula is C7H7Cl2F3N2O. The van der Waals surface area contributed by atoms with E-state index in [2.05, 4.69) is 5.10 Å². The monoisotopic (exact) mass is 262 g/mol. The van der Waals surface area contributed by atoms with E-state index in [1.807, 2.05) is 0 Å². The minimum atomic E-state index is -4.66. The van der Waals surface area contributed by atoms with Gasteiger partial charge in [-0.3, -0.25) is 4.68 Å². The van der Waals surface area contributed by atoms with Crippen LogP contribution < -0.4 is 0 Å². The second-order valence-electron chi connectivity index (χ2n) is 2.84. The molecule has 0 aliphatic heterocycles. The number of hydrogen-bond acceptors (Lipinski definition) is 2. The maximum Gasteiger partial charge on any atom is 0.435 e. The summed E-state index contributed by atoms with van der Waals surface area (Å²) in [5.41, 5.74) is -1.69. The van der Waals surface area contributed by atoms with E-state index in [4.69, 9.17) is 23.2 Å². The molecule has 1 unspecified atom stereocenters. The first-order valence-corrected chi connectivity index (χ1v) is 4.74. The van der Waals surface area contributed by atoms with Gasteiger partial charge in [0, 0.05) is 7.05 Å². The zero-order chi connectivity index (χ0) is 11.8. The zero-order valence-corrected chi connectivity index (χ0v) is 9.03. The predicted molar refractivity (Wildman–Crippen MR) is 48.9 cm³/mol. The molecule has 0 aliphatic carbocycles. The fourth-order valence-electron chi connectivity index (χ4n) is 1.10. The molecule has 0 radical (unpaired) electrons. The molecule has 1 aromatic rings. The Hall–Kier alpha value is -0.460. The lowest BCUT2D eigenvalue weighted by Gasteiger charge is -2.09. The van der Waals surface area contributed by atoms with Crippen molar-refractivity contribution in [2.45, 2.75) is 12.3 Å². The summed E-state index contributed by atoms with van der Waals surface area (Å²) >= 11 is 10.9. The highest BCUT2D eigenvalue weighted by Crippen LogP contribution is 2.37. The molecule has 3 nitrogen and oxygen atoms in total. The SMILES string of the molecule is Cn1nc(C(F)(F)F)c(C(O)CCl)c1Cl. The molecule has 1 N–H and O–H groups in total. The Morgan fingerprint density at radius 1 is 1.53 bits per heavy atom. The highest BCUT2D eigenvalue weighted by molar-refractivity contribution is 6.30. The normalized spacial score (nSPS) is 14.3. The number of alkyl halides is 4. The molecule has 1 atom stereocenters. The molecule has 0 saturated heterocycles. The van der Waals surface area contributed by atoms with Crippen LogP contribution in [0, 0.1) is 0 Å². The number of nitrogens with zero attached hydrogens (tertiary/aromatic N) is 2. The van der Waals surface area contributed by atoms with Crippen molar-refractivity contribution in [1.82, 2.24) is 9.78 Å². The van der Waals surface area contributed by atoms with Crippen LogP contribution in [0.5, 0.6) is 0 Å². The van der Waals surface area contributed by atoms with Gasteiger partial charge in [0.2, 0.25) is 0 Å².